The van der Waals surface area contributed by atoms with Gasteiger partial charge >= 0.3 is 5.97 Å². The summed E-state index contributed by atoms with van der Waals surface area (Å²) in [6, 6.07) is 10.7. The first-order valence-corrected chi connectivity index (χ1v) is 7.43. The number of oxazole rings is 1. The monoisotopic (exact) mass is 315 g/mol. The quantitative estimate of drug-likeness (QED) is 0.671. The first-order valence-electron chi connectivity index (χ1n) is 6.56. The minimum atomic E-state index is -0.396. The molecule has 0 atom stereocenters. The fraction of sp³-hybridized carbons (Fsp3) is 0.125. The van der Waals surface area contributed by atoms with Crippen molar-refractivity contribution in [3.05, 3.63) is 59.3 Å². The van der Waals surface area contributed by atoms with Gasteiger partial charge in [-0.2, -0.15) is 0 Å². The lowest BCUT2D eigenvalue weighted by Gasteiger charge is -2.05. The zero-order chi connectivity index (χ0) is 15.4. The second-order valence-electron chi connectivity index (χ2n) is 4.43. The van der Waals surface area contributed by atoms with E-state index >= 15 is 0 Å². The zero-order valence-corrected chi connectivity index (χ0v) is 12.6. The number of benzene rings is 1. The molecule has 0 spiro atoms. The van der Waals surface area contributed by atoms with E-state index in [2.05, 4.69) is 9.72 Å². The van der Waals surface area contributed by atoms with Crippen molar-refractivity contribution in [2.45, 2.75) is 6.61 Å². The van der Waals surface area contributed by atoms with E-state index in [1.54, 1.807) is 41.9 Å². The first kappa shape index (κ1) is 14.3. The van der Waals surface area contributed by atoms with Crippen molar-refractivity contribution < 1.29 is 18.7 Å². The van der Waals surface area contributed by atoms with Crippen LogP contribution in [0.2, 0.25) is 0 Å². The number of carbonyl (C=O) groups is 1. The molecule has 0 unspecified atom stereocenters. The lowest BCUT2D eigenvalue weighted by molar-refractivity contribution is 0.0600. The van der Waals surface area contributed by atoms with Gasteiger partial charge in [0.15, 0.2) is 0 Å². The Kier molecular flexibility index (Phi) is 4.20. The van der Waals surface area contributed by atoms with Gasteiger partial charge in [0.2, 0.25) is 5.89 Å². The van der Waals surface area contributed by atoms with Gasteiger partial charge in [-0.3, -0.25) is 0 Å². The smallest absolute Gasteiger partial charge is 0.337 e. The maximum absolute atomic E-state index is 11.5. The fourth-order valence-corrected chi connectivity index (χ4v) is 2.53. The molecule has 0 N–H and O–H groups in total. The van der Waals surface area contributed by atoms with Crippen LogP contribution < -0.4 is 4.74 Å². The molecule has 1 aromatic carbocycles. The van der Waals surface area contributed by atoms with Crippen LogP contribution in [0.15, 0.2) is 52.5 Å². The summed E-state index contributed by atoms with van der Waals surface area (Å²) < 4.78 is 15.7. The van der Waals surface area contributed by atoms with Crippen molar-refractivity contribution in [1.29, 1.82) is 0 Å². The number of hydrogen-bond acceptors (Lipinski definition) is 6. The summed E-state index contributed by atoms with van der Waals surface area (Å²) in [5, 5.41) is 1.97. The zero-order valence-electron chi connectivity index (χ0n) is 11.8. The summed E-state index contributed by atoms with van der Waals surface area (Å²) in [5.74, 6) is 0.757. The minimum Gasteiger partial charge on any atom is -0.487 e. The van der Waals surface area contributed by atoms with E-state index in [9.17, 15) is 4.79 Å². The van der Waals surface area contributed by atoms with Crippen LogP contribution in [0.5, 0.6) is 5.75 Å². The standard InChI is InChI=1S/C16H13NO4S/c1-19-16(18)11-4-2-5-13(8-11)20-9-12-10-21-15(17-12)14-6-3-7-22-14/h2-8,10H,9H2,1H3. The van der Waals surface area contributed by atoms with Crippen LogP contribution in [-0.4, -0.2) is 18.1 Å². The van der Waals surface area contributed by atoms with E-state index in [-0.39, 0.29) is 6.61 Å². The lowest BCUT2D eigenvalue weighted by atomic mass is 10.2. The average molecular weight is 315 g/mol. The van der Waals surface area contributed by atoms with E-state index in [0.717, 1.165) is 4.88 Å². The Morgan fingerprint density at radius 2 is 2.23 bits per heavy atom. The number of ether oxygens (including phenoxy) is 2. The summed E-state index contributed by atoms with van der Waals surface area (Å²) in [6.07, 6.45) is 1.57. The van der Waals surface area contributed by atoms with E-state index < -0.39 is 5.97 Å². The van der Waals surface area contributed by atoms with Gasteiger partial charge in [-0.25, -0.2) is 9.78 Å². The summed E-state index contributed by atoms with van der Waals surface area (Å²) in [6.45, 7) is 0.263. The highest BCUT2D eigenvalue weighted by Gasteiger charge is 2.09. The Balaban J connectivity index is 1.67. The number of rotatable bonds is 5. The predicted octanol–water partition coefficient (Wildman–Crippen LogP) is 3.77. The van der Waals surface area contributed by atoms with E-state index in [4.69, 9.17) is 9.15 Å². The molecule has 0 radical (unpaired) electrons. The Labute approximate surface area is 131 Å². The summed E-state index contributed by atoms with van der Waals surface area (Å²) in [5.41, 5.74) is 1.13. The Bertz CT molecular complexity index is 764. The second-order valence-corrected chi connectivity index (χ2v) is 5.38. The molecular weight excluding hydrogens is 302 g/mol. The molecule has 0 aliphatic carbocycles. The molecule has 6 heteroatoms. The third-order valence-corrected chi connectivity index (χ3v) is 3.78. The van der Waals surface area contributed by atoms with E-state index in [0.29, 0.717) is 22.9 Å². The number of methoxy groups -OCH3 is 1. The fourth-order valence-electron chi connectivity index (χ4n) is 1.87. The van der Waals surface area contributed by atoms with Crippen molar-refractivity contribution >= 4 is 17.3 Å². The maximum Gasteiger partial charge on any atom is 0.337 e. The van der Waals surface area contributed by atoms with Gasteiger partial charge in [0.1, 0.15) is 24.3 Å². The van der Waals surface area contributed by atoms with Crippen molar-refractivity contribution in [2.75, 3.05) is 7.11 Å². The number of aromatic nitrogens is 1. The van der Waals surface area contributed by atoms with Gasteiger partial charge in [0.05, 0.1) is 17.6 Å². The summed E-state index contributed by atoms with van der Waals surface area (Å²) in [7, 11) is 1.34. The Hall–Kier alpha value is -2.60. The number of carbonyl (C=O) groups excluding carboxylic acids is 1. The molecular formula is C16H13NO4S. The van der Waals surface area contributed by atoms with Crippen molar-refractivity contribution in [2.24, 2.45) is 0 Å². The molecule has 2 heterocycles. The number of esters is 1. The normalized spacial score (nSPS) is 10.4. The largest absolute Gasteiger partial charge is 0.487 e. The number of thiophene rings is 1. The molecule has 112 valence electrons. The molecule has 3 rings (SSSR count). The van der Waals surface area contributed by atoms with Gasteiger partial charge in [-0.05, 0) is 29.6 Å². The molecule has 5 nitrogen and oxygen atoms in total. The third kappa shape index (κ3) is 3.17. The second kappa shape index (κ2) is 6.44. The van der Waals surface area contributed by atoms with Crippen LogP contribution >= 0.6 is 11.3 Å². The molecule has 0 bridgehead atoms. The van der Waals surface area contributed by atoms with Gasteiger partial charge < -0.3 is 13.9 Å². The molecule has 2 aromatic heterocycles. The number of hydrogen-bond donors (Lipinski definition) is 0. The van der Waals surface area contributed by atoms with Crippen molar-refractivity contribution in [1.82, 2.24) is 4.98 Å². The highest BCUT2D eigenvalue weighted by Crippen LogP contribution is 2.24. The average Bonchev–Trinajstić information content (AvgIpc) is 3.23. The van der Waals surface area contributed by atoms with Crippen LogP contribution in [0.3, 0.4) is 0 Å². The first-order chi connectivity index (χ1) is 10.8. The molecule has 0 saturated carbocycles. The van der Waals surface area contributed by atoms with Crippen LogP contribution in [0.25, 0.3) is 10.8 Å². The summed E-state index contributed by atoms with van der Waals surface area (Å²) >= 11 is 1.56. The molecule has 0 fully saturated rings. The molecule has 3 aromatic rings. The predicted molar refractivity (Wildman–Crippen MR) is 81.9 cm³/mol. The SMILES string of the molecule is COC(=O)c1cccc(OCc2coc(-c3cccs3)n2)c1. The third-order valence-electron chi connectivity index (χ3n) is 2.93. The molecule has 0 aliphatic rings. The van der Waals surface area contributed by atoms with E-state index in [1.807, 2.05) is 17.5 Å². The lowest BCUT2D eigenvalue weighted by Crippen LogP contribution is -2.02. The van der Waals surface area contributed by atoms with Gasteiger partial charge in [-0.15, -0.1) is 11.3 Å². The summed E-state index contributed by atoms with van der Waals surface area (Å²) in [4.78, 5) is 16.8. The molecule has 0 saturated heterocycles. The van der Waals surface area contributed by atoms with Crippen LogP contribution in [0.1, 0.15) is 16.1 Å². The van der Waals surface area contributed by atoms with Crippen LogP contribution in [0.4, 0.5) is 0 Å². The van der Waals surface area contributed by atoms with Crippen LogP contribution in [-0.2, 0) is 11.3 Å². The minimum absolute atomic E-state index is 0.263. The Morgan fingerprint density at radius 3 is 3.00 bits per heavy atom. The van der Waals surface area contributed by atoms with E-state index in [1.165, 1.54) is 7.11 Å². The number of nitrogens with zero attached hydrogens (tertiary/aromatic N) is 1. The van der Waals surface area contributed by atoms with Crippen LogP contribution in [0, 0.1) is 0 Å². The molecule has 22 heavy (non-hydrogen) atoms. The molecule has 0 aliphatic heterocycles. The molecule has 0 amide bonds. The van der Waals surface area contributed by atoms with Gasteiger partial charge in [0.25, 0.3) is 0 Å². The highest BCUT2D eigenvalue weighted by molar-refractivity contribution is 7.13. The Morgan fingerprint density at radius 1 is 1.32 bits per heavy atom. The maximum atomic E-state index is 11.5. The van der Waals surface area contributed by atoms with Gasteiger partial charge in [0, 0.05) is 0 Å². The topological polar surface area (TPSA) is 61.6 Å². The van der Waals surface area contributed by atoms with Crippen molar-refractivity contribution in [3.8, 4) is 16.5 Å². The van der Waals surface area contributed by atoms with Gasteiger partial charge in [-0.1, -0.05) is 12.1 Å². The van der Waals surface area contributed by atoms with Crippen molar-refractivity contribution in [3.63, 3.8) is 0 Å². The highest BCUT2D eigenvalue weighted by atomic mass is 32.1.